The lowest BCUT2D eigenvalue weighted by Gasteiger charge is -2.22. The first-order valence-corrected chi connectivity index (χ1v) is 10.6. The van der Waals surface area contributed by atoms with Gasteiger partial charge >= 0.3 is 0 Å². The molecule has 2 heterocycles. The van der Waals surface area contributed by atoms with Crippen molar-refractivity contribution in [3.8, 4) is 5.75 Å². The second kappa shape index (κ2) is 8.55. The Kier molecular flexibility index (Phi) is 5.68. The number of rotatable bonds is 6. The number of aryl methyl sites for hydroxylation is 1. The predicted molar refractivity (Wildman–Crippen MR) is 122 cm³/mol. The number of thiophene rings is 1. The third kappa shape index (κ3) is 4.14. The number of benzene rings is 2. The number of aromatic amines is 1. The first-order chi connectivity index (χ1) is 14.5. The molecule has 0 aliphatic carbocycles. The highest BCUT2D eigenvalue weighted by Crippen LogP contribution is 2.25. The van der Waals surface area contributed by atoms with Crippen LogP contribution >= 0.6 is 11.3 Å². The second-order valence-corrected chi connectivity index (χ2v) is 7.96. The van der Waals surface area contributed by atoms with Gasteiger partial charge in [-0.05, 0) is 72.6 Å². The molecule has 30 heavy (non-hydrogen) atoms. The van der Waals surface area contributed by atoms with Gasteiger partial charge in [0.1, 0.15) is 5.75 Å². The van der Waals surface area contributed by atoms with Gasteiger partial charge in [-0.3, -0.25) is 9.59 Å². The molecule has 1 N–H and O–H groups in total. The van der Waals surface area contributed by atoms with Crippen LogP contribution in [0.3, 0.4) is 0 Å². The molecule has 4 aromatic rings. The van der Waals surface area contributed by atoms with Crippen LogP contribution in [0.15, 0.2) is 70.8 Å². The number of nitrogens with zero attached hydrogens (tertiary/aromatic N) is 1. The zero-order chi connectivity index (χ0) is 21.1. The van der Waals surface area contributed by atoms with Gasteiger partial charge in [-0.25, -0.2) is 0 Å². The standard InChI is InChI=1S/C24H22N2O3S/c1-3-29-20-10-8-19(9-11-20)26(24(28)22-5-4-12-30-22)15-18-14-17-7-6-16(2)13-21(17)25-23(18)27/h4-14H,3,15H2,1-2H3,(H,25,27). The van der Waals surface area contributed by atoms with Crippen molar-refractivity contribution in [3.63, 3.8) is 0 Å². The maximum Gasteiger partial charge on any atom is 0.268 e. The van der Waals surface area contributed by atoms with Gasteiger partial charge in [-0.15, -0.1) is 11.3 Å². The number of hydrogen-bond donors (Lipinski definition) is 1. The molecule has 0 atom stereocenters. The number of ether oxygens (including phenoxy) is 1. The number of carbonyl (C=O) groups is 1. The van der Waals surface area contributed by atoms with Crippen molar-refractivity contribution in [2.75, 3.05) is 11.5 Å². The van der Waals surface area contributed by atoms with Crippen LogP contribution in [0.1, 0.15) is 27.7 Å². The molecular formula is C24H22N2O3S. The van der Waals surface area contributed by atoms with Gasteiger partial charge in [0.15, 0.2) is 0 Å². The Hall–Kier alpha value is -3.38. The fourth-order valence-electron chi connectivity index (χ4n) is 3.35. The average molecular weight is 419 g/mol. The van der Waals surface area contributed by atoms with Gasteiger partial charge < -0.3 is 14.6 Å². The van der Waals surface area contributed by atoms with Crippen molar-refractivity contribution in [2.45, 2.75) is 20.4 Å². The molecule has 5 nitrogen and oxygen atoms in total. The summed E-state index contributed by atoms with van der Waals surface area (Å²) in [4.78, 5) is 31.2. The SMILES string of the molecule is CCOc1ccc(N(Cc2cc3ccc(C)cc3[nH]c2=O)C(=O)c2cccs2)cc1. The molecule has 0 saturated heterocycles. The summed E-state index contributed by atoms with van der Waals surface area (Å²) in [6.45, 7) is 4.65. The van der Waals surface area contributed by atoms with Crippen molar-refractivity contribution in [1.29, 1.82) is 0 Å². The van der Waals surface area contributed by atoms with Crippen molar-refractivity contribution in [1.82, 2.24) is 4.98 Å². The van der Waals surface area contributed by atoms with Crippen molar-refractivity contribution < 1.29 is 9.53 Å². The molecule has 0 fully saturated rings. The van der Waals surface area contributed by atoms with Crippen LogP contribution in [0.2, 0.25) is 0 Å². The zero-order valence-corrected chi connectivity index (χ0v) is 17.7. The van der Waals surface area contributed by atoms with Crippen LogP contribution in [0.4, 0.5) is 5.69 Å². The minimum absolute atomic E-state index is 0.141. The lowest BCUT2D eigenvalue weighted by molar-refractivity contribution is 0.0989. The van der Waals surface area contributed by atoms with Gasteiger partial charge in [-0.1, -0.05) is 18.2 Å². The Balaban J connectivity index is 1.73. The van der Waals surface area contributed by atoms with E-state index in [0.29, 0.717) is 22.7 Å². The van der Waals surface area contributed by atoms with Crippen molar-refractivity contribution in [3.05, 3.63) is 92.4 Å². The minimum atomic E-state index is -0.192. The van der Waals surface area contributed by atoms with Crippen LogP contribution in [-0.2, 0) is 6.54 Å². The highest BCUT2D eigenvalue weighted by Gasteiger charge is 2.20. The molecular weight excluding hydrogens is 396 g/mol. The largest absolute Gasteiger partial charge is 0.494 e. The molecule has 0 radical (unpaired) electrons. The summed E-state index contributed by atoms with van der Waals surface area (Å²) >= 11 is 1.38. The minimum Gasteiger partial charge on any atom is -0.494 e. The monoisotopic (exact) mass is 418 g/mol. The third-order valence-electron chi connectivity index (χ3n) is 4.84. The summed E-state index contributed by atoms with van der Waals surface area (Å²) in [6, 6.07) is 18.8. The number of fused-ring (bicyclic) bond motifs is 1. The van der Waals surface area contributed by atoms with Crippen LogP contribution in [0.5, 0.6) is 5.75 Å². The summed E-state index contributed by atoms with van der Waals surface area (Å²) in [7, 11) is 0. The molecule has 4 rings (SSSR count). The van der Waals surface area contributed by atoms with E-state index >= 15 is 0 Å². The van der Waals surface area contributed by atoms with E-state index in [2.05, 4.69) is 4.98 Å². The van der Waals surface area contributed by atoms with Crippen LogP contribution in [0, 0.1) is 6.92 Å². The Bertz CT molecular complexity index is 1230. The maximum absolute atomic E-state index is 13.2. The molecule has 0 saturated carbocycles. The fourth-order valence-corrected chi connectivity index (χ4v) is 4.02. The van der Waals surface area contributed by atoms with E-state index in [-0.39, 0.29) is 18.0 Å². The maximum atomic E-state index is 13.2. The number of pyridine rings is 1. The molecule has 0 unspecified atom stereocenters. The van der Waals surface area contributed by atoms with E-state index in [0.717, 1.165) is 22.2 Å². The van der Waals surface area contributed by atoms with E-state index in [1.165, 1.54) is 11.3 Å². The van der Waals surface area contributed by atoms with E-state index in [1.807, 2.05) is 73.8 Å². The summed E-state index contributed by atoms with van der Waals surface area (Å²) in [5.41, 5.74) is 2.92. The van der Waals surface area contributed by atoms with Gasteiger partial charge in [0.25, 0.3) is 11.5 Å². The first-order valence-electron chi connectivity index (χ1n) is 9.76. The van der Waals surface area contributed by atoms with Gasteiger partial charge in [-0.2, -0.15) is 0 Å². The predicted octanol–water partition coefficient (Wildman–Crippen LogP) is 5.14. The highest BCUT2D eigenvalue weighted by atomic mass is 32.1. The third-order valence-corrected chi connectivity index (χ3v) is 5.70. The average Bonchev–Trinajstić information content (AvgIpc) is 3.28. The smallest absolute Gasteiger partial charge is 0.268 e. The van der Waals surface area contributed by atoms with E-state index in [9.17, 15) is 9.59 Å². The molecule has 0 aliphatic heterocycles. The first kappa shape index (κ1) is 19.9. The van der Waals surface area contributed by atoms with E-state index in [1.54, 1.807) is 11.0 Å². The fraction of sp³-hybridized carbons (Fsp3) is 0.167. The Morgan fingerprint density at radius 2 is 1.90 bits per heavy atom. The lowest BCUT2D eigenvalue weighted by Crippen LogP contribution is -2.32. The number of anilines is 1. The molecule has 1 amide bonds. The number of carbonyl (C=O) groups excluding carboxylic acids is 1. The molecule has 0 spiro atoms. The number of amides is 1. The Labute approximate surface area is 178 Å². The Morgan fingerprint density at radius 1 is 1.10 bits per heavy atom. The van der Waals surface area contributed by atoms with Crippen LogP contribution in [0.25, 0.3) is 10.9 Å². The van der Waals surface area contributed by atoms with Gasteiger partial charge in [0, 0.05) is 16.8 Å². The summed E-state index contributed by atoms with van der Waals surface area (Å²) < 4.78 is 5.51. The molecule has 152 valence electrons. The Morgan fingerprint density at radius 3 is 2.60 bits per heavy atom. The normalized spacial score (nSPS) is 10.9. The lowest BCUT2D eigenvalue weighted by atomic mass is 10.1. The van der Waals surface area contributed by atoms with E-state index < -0.39 is 0 Å². The quantitative estimate of drug-likeness (QED) is 0.471. The number of nitrogens with one attached hydrogen (secondary N) is 1. The number of H-pyrrole nitrogens is 1. The summed E-state index contributed by atoms with van der Waals surface area (Å²) in [6.07, 6.45) is 0. The summed E-state index contributed by atoms with van der Waals surface area (Å²) in [5, 5.41) is 2.81. The molecule has 2 aromatic heterocycles. The van der Waals surface area contributed by atoms with Crippen molar-refractivity contribution >= 4 is 33.8 Å². The zero-order valence-electron chi connectivity index (χ0n) is 16.8. The summed E-state index contributed by atoms with van der Waals surface area (Å²) in [5.74, 6) is 0.598. The second-order valence-electron chi connectivity index (χ2n) is 7.01. The van der Waals surface area contributed by atoms with Gasteiger partial charge in [0.2, 0.25) is 0 Å². The molecule has 0 bridgehead atoms. The molecule has 6 heteroatoms. The highest BCUT2D eigenvalue weighted by molar-refractivity contribution is 7.12. The van der Waals surface area contributed by atoms with E-state index in [4.69, 9.17) is 4.74 Å². The topological polar surface area (TPSA) is 62.4 Å². The molecule has 0 aliphatic rings. The van der Waals surface area contributed by atoms with Crippen LogP contribution in [-0.4, -0.2) is 17.5 Å². The van der Waals surface area contributed by atoms with Crippen LogP contribution < -0.4 is 15.2 Å². The molecule has 2 aromatic carbocycles. The van der Waals surface area contributed by atoms with Crippen molar-refractivity contribution in [2.24, 2.45) is 0 Å². The van der Waals surface area contributed by atoms with Gasteiger partial charge in [0.05, 0.1) is 18.0 Å². The number of hydrogen-bond acceptors (Lipinski definition) is 4. The number of aromatic nitrogens is 1.